The summed E-state index contributed by atoms with van der Waals surface area (Å²) in [6.07, 6.45) is 4.83. The number of carbonyl (C=O) groups excluding carboxylic acids is 1. The van der Waals surface area contributed by atoms with E-state index in [0.717, 1.165) is 0 Å². The van der Waals surface area contributed by atoms with Gasteiger partial charge in [-0.3, -0.25) is 9.00 Å². The van der Waals surface area contributed by atoms with Crippen molar-refractivity contribution < 1.29 is 13.7 Å². The summed E-state index contributed by atoms with van der Waals surface area (Å²) in [6, 6.07) is 0. The van der Waals surface area contributed by atoms with Crippen LogP contribution in [0, 0.1) is 5.92 Å². The molecule has 1 fully saturated rings. The Morgan fingerprint density at radius 2 is 2.07 bits per heavy atom. The highest BCUT2D eigenvalue weighted by Crippen LogP contribution is 2.26. The van der Waals surface area contributed by atoms with Crippen molar-refractivity contribution >= 4 is 16.8 Å². The molecule has 0 aliphatic heterocycles. The molecule has 2 unspecified atom stereocenters. The van der Waals surface area contributed by atoms with Crippen LogP contribution in [-0.2, 0) is 20.3 Å². The fourth-order valence-electron chi connectivity index (χ4n) is 1.92. The van der Waals surface area contributed by atoms with Crippen LogP contribution in [0.15, 0.2) is 0 Å². The average molecular weight is 232 g/mol. The zero-order chi connectivity index (χ0) is 11.3. The molecular weight excluding hydrogens is 212 g/mol. The van der Waals surface area contributed by atoms with Gasteiger partial charge in [0.15, 0.2) is 0 Å². The number of esters is 1. The lowest BCUT2D eigenvalue weighted by Gasteiger charge is -2.13. The fraction of sp³-hybridized carbons (Fsp3) is 0.909. The lowest BCUT2D eigenvalue weighted by atomic mass is 10.1. The molecule has 15 heavy (non-hydrogen) atoms. The van der Waals surface area contributed by atoms with Gasteiger partial charge in [0.05, 0.1) is 6.61 Å². The lowest BCUT2D eigenvalue weighted by molar-refractivity contribution is -0.142. The summed E-state index contributed by atoms with van der Waals surface area (Å²) < 4.78 is 16.7. The minimum absolute atomic E-state index is 0.325. The molecule has 1 aliphatic rings. The van der Waals surface area contributed by atoms with Crippen LogP contribution in [0.25, 0.3) is 0 Å². The first kappa shape index (κ1) is 12.7. The minimum atomic E-state index is -1.06. The van der Waals surface area contributed by atoms with Gasteiger partial charge >= 0.3 is 5.97 Å². The van der Waals surface area contributed by atoms with Crippen LogP contribution in [0.1, 0.15) is 39.5 Å². The second-order valence-electron chi connectivity index (χ2n) is 4.09. The molecule has 1 rings (SSSR count). The van der Waals surface area contributed by atoms with Gasteiger partial charge in [0, 0.05) is 16.6 Å². The first-order chi connectivity index (χ1) is 7.15. The third-order valence-electron chi connectivity index (χ3n) is 2.89. The molecule has 0 aromatic carbocycles. The van der Waals surface area contributed by atoms with Gasteiger partial charge in [0.2, 0.25) is 0 Å². The second-order valence-corrected chi connectivity index (χ2v) is 5.89. The summed E-state index contributed by atoms with van der Waals surface area (Å²) in [5.74, 6) is 0.900. The summed E-state index contributed by atoms with van der Waals surface area (Å²) in [4.78, 5) is 11.3. The Bertz CT molecular complexity index is 234. The normalized spacial score (nSPS) is 21.2. The lowest BCUT2D eigenvalue weighted by Crippen LogP contribution is -2.28. The predicted octanol–water partition coefficient (Wildman–Crippen LogP) is 1.88. The van der Waals surface area contributed by atoms with E-state index in [9.17, 15) is 9.00 Å². The Labute approximate surface area is 94.0 Å². The van der Waals surface area contributed by atoms with Crippen molar-refractivity contribution in [1.29, 1.82) is 0 Å². The molecule has 0 heterocycles. The van der Waals surface area contributed by atoms with E-state index >= 15 is 0 Å². The number of rotatable bonds is 5. The fourth-order valence-corrected chi connectivity index (χ4v) is 3.29. The predicted molar refractivity (Wildman–Crippen MR) is 61.1 cm³/mol. The standard InChI is InChI=1S/C11H20O3S/c1-3-14-11(12)9(2)15(13)8-10-6-4-5-7-10/h9-10H,3-8H2,1-2H3. The van der Waals surface area contributed by atoms with Crippen LogP contribution in [0.3, 0.4) is 0 Å². The highest BCUT2D eigenvalue weighted by molar-refractivity contribution is 7.86. The van der Waals surface area contributed by atoms with E-state index in [4.69, 9.17) is 4.74 Å². The monoisotopic (exact) mass is 232 g/mol. The molecule has 0 radical (unpaired) electrons. The molecule has 0 aromatic rings. The minimum Gasteiger partial charge on any atom is -0.465 e. The molecule has 0 aromatic heterocycles. The van der Waals surface area contributed by atoms with E-state index in [-0.39, 0.29) is 5.97 Å². The van der Waals surface area contributed by atoms with Gasteiger partial charge in [-0.05, 0) is 32.6 Å². The van der Waals surface area contributed by atoms with Crippen LogP contribution in [0.2, 0.25) is 0 Å². The second kappa shape index (κ2) is 6.26. The molecule has 0 amide bonds. The third kappa shape index (κ3) is 3.93. The van der Waals surface area contributed by atoms with E-state index in [0.29, 0.717) is 18.3 Å². The van der Waals surface area contributed by atoms with Crippen molar-refractivity contribution in [2.75, 3.05) is 12.4 Å². The van der Waals surface area contributed by atoms with Crippen molar-refractivity contribution in [2.24, 2.45) is 5.92 Å². The van der Waals surface area contributed by atoms with E-state index < -0.39 is 16.0 Å². The summed E-state index contributed by atoms with van der Waals surface area (Å²) in [7, 11) is -1.06. The SMILES string of the molecule is CCOC(=O)C(C)S(=O)CC1CCCC1. The molecule has 0 spiro atoms. The van der Waals surface area contributed by atoms with E-state index in [2.05, 4.69) is 0 Å². The molecular formula is C11H20O3S. The van der Waals surface area contributed by atoms with Gasteiger partial charge in [-0.1, -0.05) is 12.8 Å². The summed E-state index contributed by atoms with van der Waals surface area (Å²) >= 11 is 0. The van der Waals surface area contributed by atoms with Gasteiger partial charge in [-0.25, -0.2) is 0 Å². The molecule has 1 aliphatic carbocycles. The van der Waals surface area contributed by atoms with Crippen LogP contribution in [0.5, 0.6) is 0 Å². The average Bonchev–Trinajstić information content (AvgIpc) is 2.69. The molecule has 0 saturated heterocycles. The van der Waals surface area contributed by atoms with Crippen LogP contribution < -0.4 is 0 Å². The van der Waals surface area contributed by atoms with Crippen molar-refractivity contribution in [3.8, 4) is 0 Å². The third-order valence-corrected chi connectivity index (χ3v) is 4.67. The van der Waals surface area contributed by atoms with Gasteiger partial charge in [-0.15, -0.1) is 0 Å². The number of carbonyl (C=O) groups is 1. The first-order valence-corrected chi connectivity index (χ1v) is 7.07. The quantitative estimate of drug-likeness (QED) is 0.680. The Hall–Kier alpha value is -0.380. The Morgan fingerprint density at radius 1 is 1.47 bits per heavy atom. The maximum atomic E-state index is 11.8. The smallest absolute Gasteiger partial charge is 0.321 e. The van der Waals surface area contributed by atoms with E-state index in [1.807, 2.05) is 0 Å². The number of hydrogen-bond acceptors (Lipinski definition) is 3. The molecule has 1 saturated carbocycles. The maximum absolute atomic E-state index is 11.8. The van der Waals surface area contributed by atoms with Gasteiger partial charge < -0.3 is 4.74 Å². The number of ether oxygens (including phenoxy) is 1. The maximum Gasteiger partial charge on any atom is 0.321 e. The number of hydrogen-bond donors (Lipinski definition) is 0. The molecule has 88 valence electrons. The zero-order valence-corrected chi connectivity index (χ0v) is 10.3. The Balaban J connectivity index is 2.34. The van der Waals surface area contributed by atoms with Crippen LogP contribution in [0.4, 0.5) is 0 Å². The van der Waals surface area contributed by atoms with Gasteiger partial charge in [0.1, 0.15) is 5.25 Å². The molecule has 4 heteroatoms. The van der Waals surface area contributed by atoms with Crippen molar-refractivity contribution in [3.05, 3.63) is 0 Å². The van der Waals surface area contributed by atoms with Crippen molar-refractivity contribution in [1.82, 2.24) is 0 Å². The highest BCUT2D eigenvalue weighted by atomic mass is 32.2. The summed E-state index contributed by atoms with van der Waals surface area (Å²) in [5, 5.41) is -0.467. The largest absolute Gasteiger partial charge is 0.465 e. The first-order valence-electron chi connectivity index (χ1n) is 5.69. The molecule has 3 nitrogen and oxygen atoms in total. The molecule has 0 bridgehead atoms. The van der Waals surface area contributed by atoms with Crippen LogP contribution in [-0.4, -0.2) is 27.8 Å². The zero-order valence-electron chi connectivity index (χ0n) is 9.53. The highest BCUT2D eigenvalue weighted by Gasteiger charge is 2.25. The molecule has 0 N–H and O–H groups in total. The van der Waals surface area contributed by atoms with Gasteiger partial charge in [-0.2, -0.15) is 0 Å². The van der Waals surface area contributed by atoms with Crippen molar-refractivity contribution in [2.45, 2.75) is 44.8 Å². The topological polar surface area (TPSA) is 43.4 Å². The summed E-state index contributed by atoms with van der Waals surface area (Å²) in [5.41, 5.74) is 0. The van der Waals surface area contributed by atoms with Crippen LogP contribution >= 0.6 is 0 Å². The molecule has 2 atom stereocenters. The van der Waals surface area contributed by atoms with E-state index in [1.165, 1.54) is 25.7 Å². The Kier molecular flexibility index (Phi) is 5.29. The van der Waals surface area contributed by atoms with E-state index in [1.54, 1.807) is 13.8 Å². The van der Waals surface area contributed by atoms with Crippen molar-refractivity contribution in [3.63, 3.8) is 0 Å². The van der Waals surface area contributed by atoms with Gasteiger partial charge in [0.25, 0.3) is 0 Å². The summed E-state index contributed by atoms with van der Waals surface area (Å²) in [6.45, 7) is 3.83. The Morgan fingerprint density at radius 3 is 2.60 bits per heavy atom.